The summed E-state index contributed by atoms with van der Waals surface area (Å²) in [7, 11) is 2.64. The van der Waals surface area contributed by atoms with Gasteiger partial charge >= 0.3 is 11.9 Å². The van der Waals surface area contributed by atoms with Crippen LogP contribution in [0.2, 0.25) is 0 Å². The Hall–Kier alpha value is -4.82. The first-order chi connectivity index (χ1) is 27.2. The quantitative estimate of drug-likeness (QED) is 0.290. The minimum Gasteiger partial charge on any atom is -0.467 e. The Labute approximate surface area is 329 Å². The van der Waals surface area contributed by atoms with E-state index in [1.807, 2.05) is 70.7 Å². The summed E-state index contributed by atoms with van der Waals surface area (Å²) in [4.78, 5) is 82.1. The molecule has 4 heterocycles. The number of hydrogen-bond acceptors (Lipinski definition) is 10. The van der Waals surface area contributed by atoms with Gasteiger partial charge in [-0.2, -0.15) is 0 Å². The summed E-state index contributed by atoms with van der Waals surface area (Å²) in [6, 6.07) is 16.2. The Bertz CT molecular complexity index is 1570. The second-order valence-electron chi connectivity index (χ2n) is 15.4. The third-order valence-corrected chi connectivity index (χ3v) is 11.7. The maximum absolute atomic E-state index is 14.3. The molecule has 4 aliphatic rings. The summed E-state index contributed by atoms with van der Waals surface area (Å²) in [5, 5.41) is 13.0. The van der Waals surface area contributed by atoms with Gasteiger partial charge in [0.25, 0.3) is 11.8 Å². The van der Waals surface area contributed by atoms with E-state index in [0.717, 1.165) is 24.0 Å². The van der Waals surface area contributed by atoms with Crippen molar-refractivity contribution in [3.63, 3.8) is 0 Å². The minimum atomic E-state index is -0.816. The van der Waals surface area contributed by atoms with Crippen LogP contribution >= 0.6 is 0 Å². The van der Waals surface area contributed by atoms with Crippen LogP contribution in [0.1, 0.15) is 75.3 Å². The van der Waals surface area contributed by atoms with Crippen molar-refractivity contribution in [2.75, 3.05) is 40.4 Å². The Balaban J connectivity index is 1.20. The zero-order chi connectivity index (χ0) is 39.6. The Morgan fingerprint density at radius 1 is 0.589 bits per heavy atom. The smallest absolute Gasteiger partial charge is 0.330 e. The average molecular weight is 773 g/mol. The van der Waals surface area contributed by atoms with Crippen molar-refractivity contribution in [3.8, 4) is 0 Å². The topological polar surface area (TPSA) is 158 Å². The van der Waals surface area contributed by atoms with Crippen LogP contribution in [-0.4, -0.2) is 120 Å². The van der Waals surface area contributed by atoms with Gasteiger partial charge in [0.2, 0.25) is 11.8 Å². The van der Waals surface area contributed by atoms with Crippen LogP contribution in [0.4, 0.5) is 0 Å². The van der Waals surface area contributed by atoms with E-state index in [-0.39, 0.29) is 23.6 Å². The first-order valence-corrected chi connectivity index (χ1v) is 20.2. The van der Waals surface area contributed by atoms with Gasteiger partial charge in [-0.05, 0) is 88.2 Å². The lowest BCUT2D eigenvalue weighted by Crippen LogP contribution is -2.61. The Morgan fingerprint density at radius 3 is 1.30 bits per heavy atom. The van der Waals surface area contributed by atoms with E-state index in [1.165, 1.54) is 24.2 Å². The molecule has 0 saturated carbocycles. The van der Waals surface area contributed by atoms with Gasteiger partial charge in [0, 0.05) is 38.0 Å². The summed E-state index contributed by atoms with van der Waals surface area (Å²) < 4.78 is 10.1. The lowest BCUT2D eigenvalue weighted by atomic mass is 9.86. The molecule has 4 saturated heterocycles. The van der Waals surface area contributed by atoms with E-state index in [0.29, 0.717) is 90.4 Å². The van der Waals surface area contributed by atoms with E-state index in [4.69, 9.17) is 9.47 Å². The molecule has 0 bridgehead atoms. The predicted octanol–water partition coefficient (Wildman–Crippen LogP) is 2.80. The predicted molar refractivity (Wildman–Crippen MR) is 206 cm³/mol. The molecule has 14 heteroatoms. The molecule has 2 aromatic carbocycles. The molecule has 0 aromatic heterocycles. The van der Waals surface area contributed by atoms with E-state index < -0.39 is 47.9 Å². The molecule has 6 atom stereocenters. The fourth-order valence-electron chi connectivity index (χ4n) is 8.74. The van der Waals surface area contributed by atoms with Crippen molar-refractivity contribution >= 4 is 35.6 Å². The number of hydrazine groups is 2. The van der Waals surface area contributed by atoms with Gasteiger partial charge in [-0.1, -0.05) is 60.7 Å². The molecule has 14 nitrogen and oxygen atoms in total. The van der Waals surface area contributed by atoms with Crippen LogP contribution in [0.15, 0.2) is 60.7 Å². The number of methoxy groups -OCH3 is 2. The van der Waals surface area contributed by atoms with E-state index in [1.54, 1.807) is 0 Å². The van der Waals surface area contributed by atoms with Crippen molar-refractivity contribution in [1.82, 2.24) is 30.7 Å². The highest BCUT2D eigenvalue weighted by molar-refractivity contribution is 5.92. The molecule has 2 N–H and O–H groups in total. The molecule has 0 spiro atoms. The molecule has 0 radical (unpaired) electrons. The molecule has 2 aromatic rings. The zero-order valence-corrected chi connectivity index (χ0v) is 32.6. The van der Waals surface area contributed by atoms with Gasteiger partial charge in [0.15, 0.2) is 0 Å². The molecule has 4 fully saturated rings. The number of nitrogens with zero attached hydrogens (tertiary/aromatic N) is 4. The van der Waals surface area contributed by atoms with Crippen LogP contribution in [0.3, 0.4) is 0 Å². The summed E-state index contributed by atoms with van der Waals surface area (Å²) in [6.07, 6.45) is 6.19. The Morgan fingerprint density at radius 2 is 0.946 bits per heavy atom. The van der Waals surface area contributed by atoms with Gasteiger partial charge in [-0.25, -0.2) is 19.6 Å². The molecular weight excluding hydrogens is 716 g/mol. The standard InChI is InChI=1S/C42H56N6O8/c1-55-41(53)35-19-11-25-45-23-9-17-33(39(51)47(35)45)43-37(49)31(27-29-13-5-3-6-14-29)21-22-32(28-30-15-7-4-8-16-30)38(50)44-34-18-10-24-46-26-12-20-36(42(54)56-2)48(46)40(34)52/h3-8,13-16,31-36H,9-12,17-28H2,1-2H3,(H,43,49)(H,44,50)/t31-,32-,33+,34+,35+,36+/m1/s1. The summed E-state index contributed by atoms with van der Waals surface area (Å²) in [6.45, 7) is 2.49. The highest BCUT2D eigenvalue weighted by atomic mass is 16.5. The normalized spacial score (nSPS) is 24.4. The van der Waals surface area contributed by atoms with Crippen LogP contribution in [-0.2, 0) is 51.1 Å². The van der Waals surface area contributed by atoms with Gasteiger partial charge in [0.1, 0.15) is 24.2 Å². The van der Waals surface area contributed by atoms with Gasteiger partial charge in [-0.3, -0.25) is 29.2 Å². The number of esters is 2. The molecule has 6 rings (SSSR count). The monoisotopic (exact) mass is 772 g/mol. The molecule has 4 aliphatic heterocycles. The second kappa shape index (κ2) is 19.4. The van der Waals surface area contributed by atoms with E-state index in [9.17, 15) is 28.8 Å². The summed E-state index contributed by atoms with van der Waals surface area (Å²) in [5.74, 6) is -3.30. The molecule has 4 amide bonds. The number of carbonyl (C=O) groups excluding carboxylic acids is 6. The van der Waals surface area contributed by atoms with Crippen LogP contribution in [0.25, 0.3) is 0 Å². The van der Waals surface area contributed by atoms with Crippen molar-refractivity contribution in [2.24, 2.45) is 11.8 Å². The average Bonchev–Trinajstić information content (AvgIpc) is 3.48. The molecule has 0 aliphatic carbocycles. The fourth-order valence-corrected chi connectivity index (χ4v) is 8.74. The lowest BCUT2D eigenvalue weighted by Gasteiger charge is -2.42. The maximum Gasteiger partial charge on any atom is 0.330 e. The third kappa shape index (κ3) is 9.76. The fraction of sp³-hybridized carbons (Fsp3) is 0.571. The number of benzene rings is 2. The number of ether oxygens (including phenoxy) is 2. The minimum absolute atomic E-state index is 0.288. The molecule has 0 unspecified atom stereocenters. The van der Waals surface area contributed by atoms with Crippen LogP contribution in [0, 0.1) is 11.8 Å². The van der Waals surface area contributed by atoms with Crippen molar-refractivity contribution < 1.29 is 38.2 Å². The largest absolute Gasteiger partial charge is 0.467 e. The first-order valence-electron chi connectivity index (χ1n) is 20.2. The molecule has 56 heavy (non-hydrogen) atoms. The van der Waals surface area contributed by atoms with Gasteiger partial charge < -0.3 is 20.1 Å². The zero-order valence-electron chi connectivity index (χ0n) is 32.6. The number of nitrogens with one attached hydrogen (secondary N) is 2. The summed E-state index contributed by atoms with van der Waals surface area (Å²) in [5.41, 5.74) is 1.90. The first kappa shape index (κ1) is 40.8. The number of amides is 4. The SMILES string of the molecule is COC(=O)[C@@H]1CCCN2CCC[C@H](NC(=O)[C@H](CC[C@H](Cc3ccccc3)C(=O)N[C@H]3CCCN4CCC[C@@H](C(=O)OC)N4C3=O)Cc3ccccc3)C(=O)N12. The second-order valence-corrected chi connectivity index (χ2v) is 15.4. The third-order valence-electron chi connectivity index (χ3n) is 11.7. The number of carbonyl (C=O) groups is 6. The number of rotatable bonds is 13. The van der Waals surface area contributed by atoms with Gasteiger partial charge in [0.05, 0.1) is 14.2 Å². The highest BCUT2D eigenvalue weighted by Crippen LogP contribution is 2.28. The Kier molecular flexibility index (Phi) is 14.1. The van der Waals surface area contributed by atoms with Crippen molar-refractivity contribution in [3.05, 3.63) is 71.8 Å². The van der Waals surface area contributed by atoms with Crippen LogP contribution < -0.4 is 10.6 Å². The highest BCUT2D eigenvalue weighted by Gasteiger charge is 2.44. The summed E-state index contributed by atoms with van der Waals surface area (Å²) >= 11 is 0. The maximum atomic E-state index is 14.3. The van der Waals surface area contributed by atoms with Crippen LogP contribution in [0.5, 0.6) is 0 Å². The lowest BCUT2D eigenvalue weighted by molar-refractivity contribution is -0.176. The molecular formula is C42H56N6O8. The van der Waals surface area contributed by atoms with E-state index >= 15 is 0 Å². The van der Waals surface area contributed by atoms with Gasteiger partial charge in [-0.15, -0.1) is 0 Å². The number of hydrogen-bond donors (Lipinski definition) is 2. The van der Waals surface area contributed by atoms with Crippen molar-refractivity contribution in [2.45, 2.75) is 101 Å². The number of fused-ring (bicyclic) bond motifs is 2. The van der Waals surface area contributed by atoms with Crippen molar-refractivity contribution in [1.29, 1.82) is 0 Å². The van der Waals surface area contributed by atoms with E-state index in [2.05, 4.69) is 10.6 Å². The molecule has 302 valence electrons.